The van der Waals surface area contributed by atoms with Crippen LogP contribution in [-0.2, 0) is 27.8 Å². The van der Waals surface area contributed by atoms with Crippen molar-refractivity contribution in [2.24, 2.45) is 5.14 Å². The molecule has 0 aliphatic heterocycles. The molecule has 1 amide bonds. The first-order valence-corrected chi connectivity index (χ1v) is 10.2. The molecule has 4 N–H and O–H groups in total. The van der Waals surface area contributed by atoms with Gasteiger partial charge in [0.25, 0.3) is 0 Å². The number of nitrogens with two attached hydrogens (primary N) is 1. The molecule has 0 unspecified atom stereocenters. The molecule has 0 aliphatic rings. The fourth-order valence-electron chi connectivity index (χ4n) is 3.08. The van der Waals surface area contributed by atoms with Crippen LogP contribution < -0.4 is 16.1 Å². The van der Waals surface area contributed by atoms with E-state index < -0.39 is 21.6 Å². The molecule has 0 spiro atoms. The molecule has 1 aromatic heterocycles. The van der Waals surface area contributed by atoms with E-state index in [9.17, 15) is 23.1 Å². The van der Waals surface area contributed by atoms with E-state index in [4.69, 9.17) is 9.56 Å². The highest BCUT2D eigenvalue weighted by Crippen LogP contribution is 2.29. The maximum atomic E-state index is 12.3. The maximum Gasteiger partial charge on any atom is 0.340 e. The number of phenolic OH excluding ortho intramolecular Hbond substituents is 1. The van der Waals surface area contributed by atoms with Crippen LogP contribution in [0.15, 0.2) is 50.5 Å². The first-order chi connectivity index (χ1) is 13.6. The average Bonchev–Trinajstić information content (AvgIpc) is 2.62. The summed E-state index contributed by atoms with van der Waals surface area (Å²) in [6, 6.07) is 8.99. The van der Waals surface area contributed by atoms with Crippen molar-refractivity contribution in [2.75, 3.05) is 0 Å². The average molecular weight is 416 g/mol. The van der Waals surface area contributed by atoms with E-state index in [0.717, 1.165) is 5.56 Å². The van der Waals surface area contributed by atoms with Crippen LogP contribution in [0.3, 0.4) is 0 Å². The minimum atomic E-state index is -3.78. The molecule has 152 valence electrons. The van der Waals surface area contributed by atoms with Gasteiger partial charge >= 0.3 is 5.63 Å². The van der Waals surface area contributed by atoms with Crippen LogP contribution in [0.4, 0.5) is 0 Å². The Kier molecular flexibility index (Phi) is 5.45. The summed E-state index contributed by atoms with van der Waals surface area (Å²) in [6.07, 6.45) is -0.216. The molecule has 0 saturated carbocycles. The first-order valence-electron chi connectivity index (χ1n) is 8.70. The second-order valence-corrected chi connectivity index (χ2v) is 8.35. The molecule has 3 rings (SSSR count). The number of primary sulfonamides is 1. The van der Waals surface area contributed by atoms with Gasteiger partial charge in [-0.05, 0) is 54.8 Å². The van der Waals surface area contributed by atoms with Crippen molar-refractivity contribution in [2.45, 2.75) is 31.7 Å². The first kappa shape index (κ1) is 20.6. The number of hydrogen-bond acceptors (Lipinski definition) is 6. The Morgan fingerprint density at radius 1 is 1.17 bits per heavy atom. The second kappa shape index (κ2) is 7.69. The van der Waals surface area contributed by atoms with Gasteiger partial charge in [-0.15, -0.1) is 0 Å². The van der Waals surface area contributed by atoms with E-state index >= 15 is 0 Å². The molecule has 0 radical (unpaired) electrons. The van der Waals surface area contributed by atoms with Crippen molar-refractivity contribution in [3.05, 3.63) is 69.1 Å². The van der Waals surface area contributed by atoms with Crippen molar-refractivity contribution in [1.82, 2.24) is 5.32 Å². The summed E-state index contributed by atoms with van der Waals surface area (Å²) >= 11 is 0. The molecule has 8 nitrogen and oxygen atoms in total. The number of hydrogen-bond donors (Lipinski definition) is 3. The lowest BCUT2D eigenvalue weighted by molar-refractivity contribution is -0.120. The quantitative estimate of drug-likeness (QED) is 0.540. The zero-order valence-corrected chi connectivity index (χ0v) is 16.7. The molecule has 2 aromatic carbocycles. The van der Waals surface area contributed by atoms with Gasteiger partial charge in [-0.2, -0.15) is 0 Å². The lowest BCUT2D eigenvalue weighted by Gasteiger charge is -2.10. The van der Waals surface area contributed by atoms with Crippen molar-refractivity contribution in [1.29, 1.82) is 0 Å². The van der Waals surface area contributed by atoms with Gasteiger partial charge < -0.3 is 14.8 Å². The zero-order chi connectivity index (χ0) is 21.3. The summed E-state index contributed by atoms with van der Waals surface area (Å²) in [4.78, 5) is 24.6. The number of phenols is 1. The molecular weight excluding hydrogens is 396 g/mol. The van der Waals surface area contributed by atoms with E-state index in [0.29, 0.717) is 16.5 Å². The van der Waals surface area contributed by atoms with Crippen LogP contribution in [0.1, 0.15) is 22.3 Å². The summed E-state index contributed by atoms with van der Waals surface area (Å²) in [5.74, 6) is -0.431. The van der Waals surface area contributed by atoms with Crippen LogP contribution in [0.5, 0.6) is 5.75 Å². The predicted octanol–water partition coefficient (Wildman–Crippen LogP) is 1.62. The van der Waals surface area contributed by atoms with E-state index in [1.807, 2.05) is 0 Å². The monoisotopic (exact) mass is 416 g/mol. The van der Waals surface area contributed by atoms with Gasteiger partial charge in [0.15, 0.2) is 0 Å². The Bertz CT molecular complexity index is 1260. The maximum absolute atomic E-state index is 12.3. The summed E-state index contributed by atoms with van der Waals surface area (Å²) in [6.45, 7) is 3.57. The molecule has 3 aromatic rings. The van der Waals surface area contributed by atoms with E-state index in [1.165, 1.54) is 24.3 Å². The Morgan fingerprint density at radius 2 is 1.83 bits per heavy atom. The van der Waals surface area contributed by atoms with Gasteiger partial charge in [-0.1, -0.05) is 12.1 Å². The van der Waals surface area contributed by atoms with Crippen LogP contribution in [-0.4, -0.2) is 19.4 Å². The molecule has 0 bridgehead atoms. The van der Waals surface area contributed by atoms with Gasteiger partial charge in [0, 0.05) is 6.54 Å². The predicted molar refractivity (Wildman–Crippen MR) is 107 cm³/mol. The highest BCUT2D eigenvalue weighted by atomic mass is 32.2. The SMILES string of the molecule is Cc1cc(O)c2c(C)c(CC(=O)NCc3ccc(S(N)(=O)=O)cc3)c(=O)oc2c1. The van der Waals surface area contributed by atoms with Crippen LogP contribution in [0, 0.1) is 13.8 Å². The third-order valence-electron chi connectivity index (χ3n) is 4.58. The van der Waals surface area contributed by atoms with Gasteiger partial charge in [-0.3, -0.25) is 4.79 Å². The minimum absolute atomic E-state index is 0.0159. The lowest BCUT2D eigenvalue weighted by atomic mass is 10.0. The summed E-state index contributed by atoms with van der Waals surface area (Å²) < 4.78 is 27.8. The summed E-state index contributed by atoms with van der Waals surface area (Å²) in [7, 11) is -3.78. The topological polar surface area (TPSA) is 140 Å². The fourth-order valence-corrected chi connectivity index (χ4v) is 3.60. The number of rotatable bonds is 5. The van der Waals surface area contributed by atoms with Gasteiger partial charge in [0.2, 0.25) is 15.9 Å². The van der Waals surface area contributed by atoms with Gasteiger partial charge in [0.05, 0.1) is 22.3 Å². The van der Waals surface area contributed by atoms with Crippen molar-refractivity contribution in [3.8, 4) is 5.75 Å². The number of nitrogens with one attached hydrogen (secondary N) is 1. The standard InChI is InChI=1S/C20H20N2O6S/c1-11-7-16(23)19-12(2)15(20(25)28-17(19)8-11)9-18(24)22-10-13-3-5-14(6-4-13)29(21,26)27/h3-8,23H,9-10H2,1-2H3,(H,22,24)(H2,21,26,27). The smallest absolute Gasteiger partial charge is 0.340 e. The van der Waals surface area contributed by atoms with Crippen LogP contribution in [0.25, 0.3) is 11.0 Å². The van der Waals surface area contributed by atoms with Crippen molar-refractivity contribution >= 4 is 26.9 Å². The third-order valence-corrected chi connectivity index (χ3v) is 5.51. The second-order valence-electron chi connectivity index (χ2n) is 6.79. The van der Waals surface area contributed by atoms with Crippen molar-refractivity contribution < 1.29 is 22.7 Å². The molecular formula is C20H20N2O6S. The number of aryl methyl sites for hydroxylation is 2. The molecule has 0 saturated heterocycles. The molecule has 0 atom stereocenters. The molecule has 0 fully saturated rings. The van der Waals surface area contributed by atoms with E-state index in [2.05, 4.69) is 5.32 Å². The lowest BCUT2D eigenvalue weighted by Crippen LogP contribution is -2.27. The van der Waals surface area contributed by atoms with Crippen LogP contribution >= 0.6 is 0 Å². The number of amides is 1. The number of aromatic hydroxyl groups is 1. The molecule has 29 heavy (non-hydrogen) atoms. The number of fused-ring (bicyclic) bond motifs is 1. The summed E-state index contributed by atoms with van der Waals surface area (Å²) in [5, 5.41) is 18.3. The third kappa shape index (κ3) is 4.47. The normalized spacial score (nSPS) is 11.6. The Balaban J connectivity index is 1.77. The number of carbonyl (C=O) groups excluding carboxylic acids is 1. The molecule has 9 heteroatoms. The number of sulfonamides is 1. The Hall–Kier alpha value is -3.17. The molecule has 1 heterocycles. The Labute approximate surface area is 167 Å². The van der Waals surface area contributed by atoms with Gasteiger partial charge in [-0.25, -0.2) is 18.4 Å². The van der Waals surface area contributed by atoms with Crippen LogP contribution in [0.2, 0.25) is 0 Å². The van der Waals surface area contributed by atoms with E-state index in [1.54, 1.807) is 26.0 Å². The molecule has 0 aliphatic carbocycles. The minimum Gasteiger partial charge on any atom is -0.507 e. The highest BCUT2D eigenvalue weighted by molar-refractivity contribution is 7.89. The zero-order valence-electron chi connectivity index (χ0n) is 15.9. The fraction of sp³-hybridized carbons (Fsp3) is 0.200. The summed E-state index contributed by atoms with van der Waals surface area (Å²) in [5.41, 5.74) is 1.70. The number of carbonyl (C=O) groups is 1. The van der Waals surface area contributed by atoms with Crippen molar-refractivity contribution in [3.63, 3.8) is 0 Å². The van der Waals surface area contributed by atoms with Gasteiger partial charge in [0.1, 0.15) is 11.3 Å². The Morgan fingerprint density at radius 3 is 2.45 bits per heavy atom. The largest absolute Gasteiger partial charge is 0.507 e. The van der Waals surface area contributed by atoms with E-state index in [-0.39, 0.29) is 34.8 Å². The number of benzene rings is 2. The highest BCUT2D eigenvalue weighted by Gasteiger charge is 2.17.